The fourth-order valence-electron chi connectivity index (χ4n) is 2.18. The molecule has 6 nitrogen and oxygen atoms in total. The minimum Gasteiger partial charge on any atom is -0.295 e. The van der Waals surface area contributed by atoms with Crippen molar-refractivity contribution >= 4 is 0 Å². The number of rotatable bonds is 2. The van der Waals surface area contributed by atoms with E-state index in [0.717, 1.165) is 11.4 Å². The Balaban J connectivity index is 2.15. The number of hydrogen-bond donors (Lipinski definition) is 2. The standard InChI is InChI=1S/C14H14N4O2/c1-9-6-13(19)17(15-9)11-4-3-5-12(8-11)18-14(20)7-10(2)16-18/h3-8,15-16H,1-2H3. The summed E-state index contributed by atoms with van der Waals surface area (Å²) in [5.41, 5.74) is 2.67. The molecule has 3 aromatic rings. The van der Waals surface area contributed by atoms with E-state index in [9.17, 15) is 9.59 Å². The Labute approximate surface area is 114 Å². The van der Waals surface area contributed by atoms with Crippen LogP contribution in [-0.2, 0) is 0 Å². The molecule has 3 rings (SSSR count). The number of aromatic amines is 2. The number of H-pyrrole nitrogens is 2. The van der Waals surface area contributed by atoms with Gasteiger partial charge in [-0.1, -0.05) is 6.07 Å². The number of nitrogens with zero attached hydrogens (tertiary/aromatic N) is 2. The quantitative estimate of drug-likeness (QED) is 0.735. The molecule has 0 amide bonds. The van der Waals surface area contributed by atoms with Crippen molar-refractivity contribution in [2.75, 3.05) is 0 Å². The summed E-state index contributed by atoms with van der Waals surface area (Å²) in [5.74, 6) is 0. The first kappa shape index (κ1) is 12.3. The van der Waals surface area contributed by atoms with Crippen LogP contribution in [0, 0.1) is 13.8 Å². The van der Waals surface area contributed by atoms with Crippen molar-refractivity contribution in [3.8, 4) is 11.4 Å². The maximum Gasteiger partial charge on any atom is 0.271 e. The van der Waals surface area contributed by atoms with Crippen molar-refractivity contribution in [3.63, 3.8) is 0 Å². The molecule has 0 aliphatic carbocycles. The Morgan fingerprint density at radius 1 is 0.800 bits per heavy atom. The molecule has 2 aromatic heterocycles. The first-order chi connectivity index (χ1) is 9.54. The van der Waals surface area contributed by atoms with Crippen molar-refractivity contribution in [2.45, 2.75) is 13.8 Å². The minimum atomic E-state index is -0.130. The summed E-state index contributed by atoms with van der Waals surface area (Å²) in [7, 11) is 0. The van der Waals surface area contributed by atoms with Gasteiger partial charge in [-0.3, -0.25) is 19.8 Å². The molecule has 0 aliphatic heterocycles. The van der Waals surface area contributed by atoms with Crippen LogP contribution in [0.1, 0.15) is 11.4 Å². The summed E-state index contributed by atoms with van der Waals surface area (Å²) >= 11 is 0. The fraction of sp³-hybridized carbons (Fsp3) is 0.143. The van der Waals surface area contributed by atoms with E-state index in [1.807, 2.05) is 26.0 Å². The van der Waals surface area contributed by atoms with Crippen LogP contribution in [0.5, 0.6) is 0 Å². The fourth-order valence-corrected chi connectivity index (χ4v) is 2.18. The predicted molar refractivity (Wildman–Crippen MR) is 75.8 cm³/mol. The van der Waals surface area contributed by atoms with Crippen LogP contribution in [0.4, 0.5) is 0 Å². The normalized spacial score (nSPS) is 10.9. The van der Waals surface area contributed by atoms with E-state index < -0.39 is 0 Å². The van der Waals surface area contributed by atoms with Gasteiger partial charge in [0.05, 0.1) is 11.4 Å². The summed E-state index contributed by atoms with van der Waals surface area (Å²) in [5, 5.41) is 5.93. The smallest absolute Gasteiger partial charge is 0.271 e. The third-order valence-electron chi connectivity index (χ3n) is 3.04. The lowest BCUT2D eigenvalue weighted by molar-refractivity contribution is 0.814. The van der Waals surface area contributed by atoms with Crippen molar-refractivity contribution < 1.29 is 0 Å². The van der Waals surface area contributed by atoms with Crippen LogP contribution in [0.25, 0.3) is 11.4 Å². The van der Waals surface area contributed by atoms with Gasteiger partial charge in [-0.05, 0) is 32.0 Å². The number of nitrogens with one attached hydrogen (secondary N) is 2. The number of aryl methyl sites for hydroxylation is 2. The third kappa shape index (κ3) is 2.01. The van der Waals surface area contributed by atoms with Crippen LogP contribution in [0.15, 0.2) is 46.0 Å². The zero-order chi connectivity index (χ0) is 14.3. The van der Waals surface area contributed by atoms with E-state index in [1.54, 1.807) is 12.1 Å². The largest absolute Gasteiger partial charge is 0.295 e. The average molecular weight is 270 g/mol. The molecule has 0 fully saturated rings. The highest BCUT2D eigenvalue weighted by Gasteiger charge is 2.06. The molecule has 102 valence electrons. The SMILES string of the molecule is Cc1cc(=O)n(-c2cccc(-n3[nH]c(C)cc3=O)c2)[nH]1. The molecular weight excluding hydrogens is 256 g/mol. The van der Waals surface area contributed by atoms with Gasteiger partial charge in [0, 0.05) is 23.5 Å². The van der Waals surface area contributed by atoms with E-state index in [0.29, 0.717) is 11.4 Å². The molecular formula is C14H14N4O2. The van der Waals surface area contributed by atoms with Gasteiger partial charge in [-0.2, -0.15) is 0 Å². The van der Waals surface area contributed by atoms with E-state index in [1.165, 1.54) is 21.5 Å². The number of aromatic nitrogens is 4. The second-order valence-electron chi connectivity index (χ2n) is 4.75. The van der Waals surface area contributed by atoms with Crippen LogP contribution < -0.4 is 11.1 Å². The summed E-state index contributed by atoms with van der Waals surface area (Å²) < 4.78 is 2.89. The molecule has 0 radical (unpaired) electrons. The molecule has 0 aliphatic rings. The molecule has 2 heterocycles. The molecule has 20 heavy (non-hydrogen) atoms. The van der Waals surface area contributed by atoms with E-state index >= 15 is 0 Å². The topological polar surface area (TPSA) is 75.6 Å². The van der Waals surface area contributed by atoms with Crippen LogP contribution in [0.3, 0.4) is 0 Å². The average Bonchev–Trinajstić information content (AvgIpc) is 2.91. The molecule has 1 aromatic carbocycles. The van der Waals surface area contributed by atoms with E-state index in [4.69, 9.17) is 0 Å². The maximum absolute atomic E-state index is 11.8. The molecule has 6 heteroatoms. The van der Waals surface area contributed by atoms with Gasteiger partial charge in [-0.15, -0.1) is 0 Å². The second kappa shape index (κ2) is 4.41. The lowest BCUT2D eigenvalue weighted by atomic mass is 10.3. The molecule has 2 N–H and O–H groups in total. The van der Waals surface area contributed by atoms with Crippen molar-refractivity contribution in [1.82, 2.24) is 19.6 Å². The Bertz CT molecular complexity index is 809. The van der Waals surface area contributed by atoms with Gasteiger partial charge in [0.25, 0.3) is 11.1 Å². The summed E-state index contributed by atoms with van der Waals surface area (Å²) in [6, 6.07) is 10.2. The molecule has 0 atom stereocenters. The minimum absolute atomic E-state index is 0.130. The number of hydrogen-bond acceptors (Lipinski definition) is 2. The Morgan fingerprint density at radius 3 is 1.60 bits per heavy atom. The second-order valence-corrected chi connectivity index (χ2v) is 4.75. The van der Waals surface area contributed by atoms with Crippen molar-refractivity contribution in [1.29, 1.82) is 0 Å². The Kier molecular flexibility index (Phi) is 2.71. The van der Waals surface area contributed by atoms with Gasteiger partial charge >= 0.3 is 0 Å². The molecule has 0 spiro atoms. The van der Waals surface area contributed by atoms with E-state index in [-0.39, 0.29) is 11.1 Å². The lowest BCUT2D eigenvalue weighted by Gasteiger charge is -2.06. The monoisotopic (exact) mass is 270 g/mol. The summed E-state index contributed by atoms with van der Waals surface area (Å²) in [6.07, 6.45) is 0. The van der Waals surface area contributed by atoms with Crippen LogP contribution >= 0.6 is 0 Å². The highest BCUT2D eigenvalue weighted by molar-refractivity contribution is 5.43. The molecule has 0 bridgehead atoms. The highest BCUT2D eigenvalue weighted by atomic mass is 16.1. The zero-order valence-electron chi connectivity index (χ0n) is 11.2. The summed E-state index contributed by atoms with van der Waals surface area (Å²) in [6.45, 7) is 3.64. The van der Waals surface area contributed by atoms with E-state index in [2.05, 4.69) is 10.2 Å². The maximum atomic E-state index is 11.8. The third-order valence-corrected chi connectivity index (χ3v) is 3.04. The van der Waals surface area contributed by atoms with Gasteiger partial charge in [0.2, 0.25) is 0 Å². The first-order valence-electron chi connectivity index (χ1n) is 6.23. The van der Waals surface area contributed by atoms with Crippen LogP contribution in [0.2, 0.25) is 0 Å². The van der Waals surface area contributed by atoms with Gasteiger partial charge in [0.15, 0.2) is 0 Å². The predicted octanol–water partition coefficient (Wildman–Crippen LogP) is 1.26. The molecule has 0 saturated carbocycles. The highest BCUT2D eigenvalue weighted by Crippen LogP contribution is 2.11. The van der Waals surface area contributed by atoms with Crippen molar-refractivity contribution in [3.05, 3.63) is 68.5 Å². The zero-order valence-corrected chi connectivity index (χ0v) is 11.2. The van der Waals surface area contributed by atoms with Gasteiger partial charge in [-0.25, -0.2) is 9.36 Å². The van der Waals surface area contributed by atoms with Gasteiger partial charge in [0.1, 0.15) is 0 Å². The number of benzene rings is 1. The van der Waals surface area contributed by atoms with Crippen LogP contribution in [-0.4, -0.2) is 19.6 Å². The molecule has 0 unspecified atom stereocenters. The van der Waals surface area contributed by atoms with Crippen molar-refractivity contribution in [2.24, 2.45) is 0 Å². The first-order valence-corrected chi connectivity index (χ1v) is 6.23. The van der Waals surface area contributed by atoms with Gasteiger partial charge < -0.3 is 0 Å². The lowest BCUT2D eigenvalue weighted by Crippen LogP contribution is -2.16. The Morgan fingerprint density at radius 2 is 1.25 bits per heavy atom. The molecule has 0 saturated heterocycles. The Hall–Kier alpha value is -2.76. The summed E-state index contributed by atoms with van der Waals surface area (Å²) in [4.78, 5) is 23.6.